The predicted octanol–water partition coefficient (Wildman–Crippen LogP) is 3.35. The third kappa shape index (κ3) is 5.49. The van der Waals surface area contributed by atoms with E-state index in [2.05, 4.69) is 68.4 Å². The lowest BCUT2D eigenvalue weighted by Gasteiger charge is -2.35. The molecule has 1 saturated heterocycles. The summed E-state index contributed by atoms with van der Waals surface area (Å²) in [5.41, 5.74) is 8.60. The van der Waals surface area contributed by atoms with E-state index in [1.54, 1.807) is 0 Å². The molecule has 1 aliphatic carbocycles. The van der Waals surface area contributed by atoms with E-state index in [1.807, 2.05) is 19.2 Å². The molecule has 186 valence electrons. The molecule has 2 fully saturated rings. The van der Waals surface area contributed by atoms with Crippen LogP contribution in [0.1, 0.15) is 42.6 Å². The summed E-state index contributed by atoms with van der Waals surface area (Å²) in [6.45, 7) is 8.69. The lowest BCUT2D eigenvalue weighted by molar-refractivity contribution is -0.131. The zero-order valence-electron chi connectivity index (χ0n) is 21.1. The van der Waals surface area contributed by atoms with E-state index in [1.165, 1.54) is 5.56 Å². The molecule has 3 heterocycles. The second-order valence-electron chi connectivity index (χ2n) is 10.2. The van der Waals surface area contributed by atoms with Gasteiger partial charge in [0.25, 0.3) is 0 Å². The Balaban J connectivity index is 1.12. The second kappa shape index (κ2) is 10.3. The highest BCUT2D eigenvalue weighted by atomic mass is 16.2. The van der Waals surface area contributed by atoms with Gasteiger partial charge in [-0.15, -0.1) is 0 Å². The number of carbonyl (C=O) groups is 1. The van der Waals surface area contributed by atoms with Gasteiger partial charge >= 0.3 is 0 Å². The van der Waals surface area contributed by atoms with Crippen LogP contribution in [0.15, 0.2) is 36.5 Å². The third-order valence-electron chi connectivity index (χ3n) is 7.56. The molecule has 1 aromatic carbocycles. The number of fused-ring (bicyclic) bond motifs is 1. The maximum atomic E-state index is 12.7. The summed E-state index contributed by atoms with van der Waals surface area (Å²) in [6.07, 6.45) is 5.78. The van der Waals surface area contributed by atoms with E-state index in [-0.39, 0.29) is 11.8 Å². The van der Waals surface area contributed by atoms with Crippen molar-refractivity contribution in [3.63, 3.8) is 0 Å². The first-order valence-corrected chi connectivity index (χ1v) is 12.8. The highest BCUT2D eigenvalue weighted by molar-refractivity contribution is 5.78. The Morgan fingerprint density at radius 2 is 1.71 bits per heavy atom. The number of hydrogen-bond acceptors (Lipinski definition) is 6. The number of rotatable bonds is 6. The van der Waals surface area contributed by atoms with E-state index in [0.717, 1.165) is 86.6 Å². The summed E-state index contributed by atoms with van der Waals surface area (Å²) in [7, 11) is 2.13. The van der Waals surface area contributed by atoms with Gasteiger partial charge in [0.1, 0.15) is 11.3 Å². The number of imidazole rings is 1. The number of likely N-dealkylation sites (N-methyl/N-ethyl adjacent to an activating group) is 1. The molecule has 0 unspecified atom stereocenters. The quantitative estimate of drug-likeness (QED) is 0.569. The molecule has 2 aliphatic rings. The first kappa shape index (κ1) is 23.8. The number of nitrogens with one attached hydrogen (secondary N) is 2. The maximum Gasteiger partial charge on any atom is 0.237 e. The van der Waals surface area contributed by atoms with Gasteiger partial charge in [-0.1, -0.05) is 12.1 Å². The Hall–Kier alpha value is -2.97. The van der Waals surface area contributed by atoms with Gasteiger partial charge in [-0.05, 0) is 75.9 Å². The van der Waals surface area contributed by atoms with Crippen LogP contribution >= 0.6 is 0 Å². The Morgan fingerprint density at radius 1 is 1.00 bits per heavy atom. The summed E-state index contributed by atoms with van der Waals surface area (Å²) in [4.78, 5) is 24.3. The number of aromatic nitrogens is 3. The number of hydrazine groups is 1. The molecule has 0 radical (unpaired) electrons. The fourth-order valence-corrected chi connectivity index (χ4v) is 5.23. The Kier molecular flexibility index (Phi) is 7.02. The van der Waals surface area contributed by atoms with Crippen LogP contribution in [0.4, 0.5) is 5.69 Å². The van der Waals surface area contributed by atoms with Gasteiger partial charge in [-0.3, -0.25) is 10.2 Å². The summed E-state index contributed by atoms with van der Waals surface area (Å²) in [5, 5.41) is 5.76. The number of benzene rings is 1. The summed E-state index contributed by atoms with van der Waals surface area (Å²) < 4.78 is 2.18. The molecule has 1 aliphatic heterocycles. The smallest absolute Gasteiger partial charge is 0.237 e. The first-order chi connectivity index (χ1) is 17.0. The maximum absolute atomic E-state index is 12.7. The van der Waals surface area contributed by atoms with E-state index in [0.29, 0.717) is 6.04 Å². The molecular weight excluding hydrogens is 438 g/mol. The molecule has 2 N–H and O–H groups in total. The van der Waals surface area contributed by atoms with Gasteiger partial charge in [0.05, 0.1) is 6.54 Å². The van der Waals surface area contributed by atoms with Crippen molar-refractivity contribution in [3.05, 3.63) is 53.5 Å². The van der Waals surface area contributed by atoms with Crippen LogP contribution in [0.2, 0.25) is 0 Å². The number of aryl methyl sites for hydroxylation is 2. The molecule has 0 atom stereocenters. The molecule has 2 aromatic heterocycles. The van der Waals surface area contributed by atoms with Crippen LogP contribution in [-0.4, -0.2) is 69.6 Å². The zero-order valence-corrected chi connectivity index (χ0v) is 21.1. The highest BCUT2D eigenvalue weighted by Gasteiger charge is 2.28. The van der Waals surface area contributed by atoms with Crippen molar-refractivity contribution in [1.29, 1.82) is 0 Å². The van der Waals surface area contributed by atoms with Crippen molar-refractivity contribution in [3.8, 4) is 0 Å². The van der Waals surface area contributed by atoms with Gasteiger partial charge < -0.3 is 14.8 Å². The number of pyridine rings is 1. The van der Waals surface area contributed by atoms with Gasteiger partial charge in [0, 0.05) is 50.0 Å². The normalized spacial score (nSPS) is 21.8. The van der Waals surface area contributed by atoms with Crippen LogP contribution in [0.5, 0.6) is 0 Å². The zero-order chi connectivity index (χ0) is 24.4. The number of amides is 1. The number of nitrogens with zero attached hydrogens (tertiary/aromatic N) is 5. The molecular formula is C27H37N7O. The minimum Gasteiger partial charge on any atom is -0.382 e. The lowest BCUT2D eigenvalue weighted by Crippen LogP contribution is -2.54. The molecule has 0 bridgehead atoms. The fraction of sp³-hybridized carbons (Fsp3) is 0.519. The van der Waals surface area contributed by atoms with Crippen molar-refractivity contribution in [2.24, 2.45) is 5.92 Å². The molecule has 8 heteroatoms. The monoisotopic (exact) mass is 475 g/mol. The van der Waals surface area contributed by atoms with Gasteiger partial charge in [-0.2, -0.15) is 0 Å². The molecule has 5 rings (SSSR count). The Labute approximate surface area is 207 Å². The van der Waals surface area contributed by atoms with E-state index in [9.17, 15) is 4.79 Å². The van der Waals surface area contributed by atoms with Crippen molar-refractivity contribution in [1.82, 2.24) is 29.9 Å². The predicted molar refractivity (Wildman–Crippen MR) is 139 cm³/mol. The van der Waals surface area contributed by atoms with Crippen LogP contribution in [0.25, 0.3) is 11.2 Å². The number of piperazine rings is 1. The van der Waals surface area contributed by atoms with Gasteiger partial charge in [0.2, 0.25) is 5.91 Å². The van der Waals surface area contributed by atoms with E-state index in [4.69, 9.17) is 4.98 Å². The van der Waals surface area contributed by atoms with Crippen LogP contribution < -0.4 is 10.7 Å². The number of anilines is 1. The van der Waals surface area contributed by atoms with Crippen molar-refractivity contribution < 1.29 is 4.79 Å². The lowest BCUT2D eigenvalue weighted by atomic mass is 9.85. The Morgan fingerprint density at radius 3 is 2.43 bits per heavy atom. The summed E-state index contributed by atoms with van der Waals surface area (Å²) in [6, 6.07) is 11.1. The standard InChI is InChI=1S/C27H37N7O/c1-19-12-13-28-26-25(19)29-20(2)34(26)18-21-4-8-23(9-5-21)30-24-10-6-22(7-11-24)27(35)31-33-16-14-32(3)15-17-33/h4-5,8-9,12-13,22,24,30H,6-7,10-11,14-18H2,1-3H3,(H,31,35). The van der Waals surface area contributed by atoms with E-state index >= 15 is 0 Å². The number of carbonyl (C=O) groups excluding carboxylic acids is 1. The molecule has 3 aromatic rings. The van der Waals surface area contributed by atoms with Crippen LogP contribution in [-0.2, 0) is 11.3 Å². The summed E-state index contributed by atoms with van der Waals surface area (Å²) >= 11 is 0. The average Bonchev–Trinajstić information content (AvgIpc) is 3.18. The topological polar surface area (TPSA) is 78.3 Å². The second-order valence-corrected chi connectivity index (χ2v) is 10.2. The van der Waals surface area contributed by atoms with Crippen LogP contribution in [0, 0.1) is 19.8 Å². The van der Waals surface area contributed by atoms with Crippen molar-refractivity contribution in [2.75, 3.05) is 38.5 Å². The Bertz CT molecular complexity index is 1160. The minimum absolute atomic E-state index is 0.126. The molecule has 35 heavy (non-hydrogen) atoms. The molecule has 0 spiro atoms. The highest BCUT2D eigenvalue weighted by Crippen LogP contribution is 2.27. The number of hydrogen-bond donors (Lipinski definition) is 2. The first-order valence-electron chi connectivity index (χ1n) is 12.8. The van der Waals surface area contributed by atoms with Gasteiger partial charge in [0.15, 0.2) is 5.65 Å². The molecule has 1 amide bonds. The van der Waals surface area contributed by atoms with Crippen molar-refractivity contribution in [2.45, 2.75) is 52.1 Å². The SMILES string of the molecule is Cc1ccnc2c1nc(C)n2Cc1ccc(NC2CCC(C(=O)NN3CCN(C)CC3)CC2)cc1. The van der Waals surface area contributed by atoms with Gasteiger partial charge in [-0.25, -0.2) is 15.0 Å². The minimum atomic E-state index is 0.126. The largest absolute Gasteiger partial charge is 0.382 e. The molecule has 1 saturated carbocycles. The fourth-order valence-electron chi connectivity index (χ4n) is 5.23. The average molecular weight is 476 g/mol. The summed E-state index contributed by atoms with van der Waals surface area (Å²) in [5.74, 6) is 1.31. The third-order valence-corrected chi connectivity index (χ3v) is 7.56. The van der Waals surface area contributed by atoms with Crippen LogP contribution in [0.3, 0.4) is 0 Å². The van der Waals surface area contributed by atoms with E-state index < -0.39 is 0 Å². The molecule has 8 nitrogen and oxygen atoms in total. The van der Waals surface area contributed by atoms with Crippen molar-refractivity contribution >= 4 is 22.8 Å².